The van der Waals surface area contributed by atoms with Gasteiger partial charge >= 0.3 is 24.2 Å². The molecule has 116 valence electrons. The molecule has 0 aliphatic heterocycles. The Balaban J connectivity index is 3.06. The van der Waals surface area contributed by atoms with Crippen LogP contribution in [0.2, 0.25) is 5.02 Å². The SMILES string of the molecule is O=C(Nc1ccc(Cl)cc1NC(=O)C(F)(F)F)C(F)(F)F. The molecule has 0 aliphatic rings. The maximum absolute atomic E-state index is 12.1. The van der Waals surface area contributed by atoms with Gasteiger partial charge in [0, 0.05) is 5.02 Å². The molecule has 2 N–H and O–H groups in total. The molecule has 0 spiro atoms. The van der Waals surface area contributed by atoms with Gasteiger partial charge in [0.05, 0.1) is 11.4 Å². The van der Waals surface area contributed by atoms with Crippen molar-refractivity contribution >= 4 is 34.8 Å². The average molecular weight is 335 g/mol. The minimum Gasteiger partial charge on any atom is -0.316 e. The molecule has 2 amide bonds. The molecule has 0 atom stereocenters. The van der Waals surface area contributed by atoms with Gasteiger partial charge in [0.15, 0.2) is 0 Å². The summed E-state index contributed by atoms with van der Waals surface area (Å²) in [4.78, 5) is 21.5. The van der Waals surface area contributed by atoms with Crippen LogP contribution in [0.4, 0.5) is 37.7 Å². The highest BCUT2D eigenvalue weighted by molar-refractivity contribution is 6.31. The number of carbonyl (C=O) groups is 2. The molecule has 1 aromatic rings. The number of halogens is 7. The van der Waals surface area contributed by atoms with Gasteiger partial charge in [-0.25, -0.2) is 0 Å². The van der Waals surface area contributed by atoms with E-state index in [4.69, 9.17) is 11.6 Å². The molecule has 0 aromatic heterocycles. The predicted molar refractivity (Wildman–Crippen MR) is 60.8 cm³/mol. The first-order valence-electron chi connectivity index (χ1n) is 4.97. The molecule has 0 saturated carbocycles. The van der Waals surface area contributed by atoms with E-state index in [1.807, 2.05) is 0 Å². The summed E-state index contributed by atoms with van der Waals surface area (Å²) in [5.41, 5.74) is -1.40. The van der Waals surface area contributed by atoms with Crippen molar-refractivity contribution in [1.82, 2.24) is 0 Å². The smallest absolute Gasteiger partial charge is 0.316 e. The Bertz CT molecular complexity index is 570. The number of rotatable bonds is 2. The van der Waals surface area contributed by atoms with Gasteiger partial charge in [-0.2, -0.15) is 26.3 Å². The summed E-state index contributed by atoms with van der Waals surface area (Å²) in [5, 5.41) is 2.49. The normalized spacial score (nSPS) is 12.0. The van der Waals surface area contributed by atoms with Crippen molar-refractivity contribution in [1.29, 1.82) is 0 Å². The summed E-state index contributed by atoms with van der Waals surface area (Å²) >= 11 is 5.47. The number of hydrogen-bond acceptors (Lipinski definition) is 2. The molecule has 0 aliphatic carbocycles. The van der Waals surface area contributed by atoms with Crippen LogP contribution >= 0.6 is 11.6 Å². The molecule has 0 fully saturated rings. The molecule has 0 saturated heterocycles. The van der Waals surface area contributed by atoms with Gasteiger partial charge in [0.25, 0.3) is 0 Å². The Hall–Kier alpha value is -1.97. The van der Waals surface area contributed by atoms with Crippen molar-refractivity contribution in [2.45, 2.75) is 12.4 Å². The molecule has 1 rings (SSSR count). The highest BCUT2D eigenvalue weighted by atomic mass is 35.5. The quantitative estimate of drug-likeness (QED) is 0.815. The van der Waals surface area contributed by atoms with Gasteiger partial charge in [-0.05, 0) is 18.2 Å². The van der Waals surface area contributed by atoms with Crippen LogP contribution in [0.15, 0.2) is 18.2 Å². The van der Waals surface area contributed by atoms with E-state index in [-0.39, 0.29) is 5.02 Å². The maximum Gasteiger partial charge on any atom is 0.471 e. The summed E-state index contributed by atoms with van der Waals surface area (Å²) in [6, 6.07) is 2.60. The lowest BCUT2D eigenvalue weighted by atomic mass is 10.2. The first-order chi connectivity index (χ1) is 9.41. The fourth-order valence-electron chi connectivity index (χ4n) is 1.12. The Morgan fingerprint density at radius 2 is 1.29 bits per heavy atom. The van der Waals surface area contributed by atoms with E-state index in [9.17, 15) is 35.9 Å². The third-order valence-corrected chi connectivity index (χ3v) is 2.23. The maximum atomic E-state index is 12.1. The van der Waals surface area contributed by atoms with E-state index in [2.05, 4.69) is 0 Å². The summed E-state index contributed by atoms with van der Waals surface area (Å²) in [5.74, 6) is -4.83. The largest absolute Gasteiger partial charge is 0.471 e. The van der Waals surface area contributed by atoms with Gasteiger partial charge in [-0.3, -0.25) is 9.59 Å². The van der Waals surface area contributed by atoms with Crippen LogP contribution in [0, 0.1) is 0 Å². The molecule has 4 nitrogen and oxygen atoms in total. The Kier molecular flexibility index (Phi) is 4.72. The predicted octanol–water partition coefficient (Wildman–Crippen LogP) is 3.34. The van der Waals surface area contributed by atoms with Gasteiger partial charge in [0.1, 0.15) is 0 Å². The van der Waals surface area contributed by atoms with Crippen LogP contribution in [0.1, 0.15) is 0 Å². The van der Waals surface area contributed by atoms with E-state index >= 15 is 0 Å². The summed E-state index contributed by atoms with van der Waals surface area (Å²) in [6.07, 6.45) is -10.5. The monoisotopic (exact) mass is 334 g/mol. The first-order valence-corrected chi connectivity index (χ1v) is 5.35. The fourth-order valence-corrected chi connectivity index (χ4v) is 1.29. The second-order valence-electron chi connectivity index (χ2n) is 3.59. The fraction of sp³-hybridized carbons (Fsp3) is 0.200. The zero-order valence-corrected chi connectivity index (χ0v) is 10.5. The minimum absolute atomic E-state index is 0.155. The zero-order valence-electron chi connectivity index (χ0n) is 9.69. The topological polar surface area (TPSA) is 58.2 Å². The Morgan fingerprint density at radius 3 is 1.71 bits per heavy atom. The van der Waals surface area contributed by atoms with Crippen LogP contribution in [-0.4, -0.2) is 24.2 Å². The molecule has 21 heavy (non-hydrogen) atoms. The molecule has 0 unspecified atom stereocenters. The zero-order chi connectivity index (χ0) is 16.4. The highest BCUT2D eigenvalue weighted by Crippen LogP contribution is 2.29. The second-order valence-corrected chi connectivity index (χ2v) is 4.03. The van der Waals surface area contributed by atoms with Crippen molar-refractivity contribution in [3.63, 3.8) is 0 Å². The van der Waals surface area contributed by atoms with Crippen LogP contribution in [0.3, 0.4) is 0 Å². The van der Waals surface area contributed by atoms with E-state index in [0.717, 1.165) is 18.2 Å². The Morgan fingerprint density at radius 1 is 0.857 bits per heavy atom. The molecule has 0 bridgehead atoms. The lowest BCUT2D eigenvalue weighted by molar-refractivity contribution is -0.167. The van der Waals surface area contributed by atoms with Crippen molar-refractivity contribution in [3.8, 4) is 0 Å². The number of alkyl halides is 6. The average Bonchev–Trinajstić information content (AvgIpc) is 2.29. The highest BCUT2D eigenvalue weighted by Gasteiger charge is 2.40. The number of amides is 2. The molecule has 1 aromatic carbocycles. The van der Waals surface area contributed by atoms with Crippen LogP contribution in [0.5, 0.6) is 0 Å². The minimum atomic E-state index is -5.26. The number of benzene rings is 1. The van der Waals surface area contributed by atoms with Gasteiger partial charge in [-0.1, -0.05) is 11.6 Å². The third-order valence-electron chi connectivity index (χ3n) is 1.99. The molecular formula is C10H5ClF6N2O2. The van der Waals surface area contributed by atoms with Crippen LogP contribution < -0.4 is 10.6 Å². The number of nitrogens with one attached hydrogen (secondary N) is 2. The standard InChI is InChI=1S/C10H5ClF6N2O2/c11-4-1-2-5(18-7(20)9(12,13)14)6(3-4)19-8(21)10(15,16)17/h1-3H,(H,18,20)(H,19,21). The van der Waals surface area contributed by atoms with E-state index in [1.165, 1.54) is 10.6 Å². The summed E-state index contributed by atoms with van der Waals surface area (Å²) in [7, 11) is 0. The number of hydrogen-bond donors (Lipinski definition) is 2. The van der Waals surface area contributed by atoms with Gasteiger partial charge in [0.2, 0.25) is 0 Å². The van der Waals surface area contributed by atoms with E-state index in [1.54, 1.807) is 0 Å². The van der Waals surface area contributed by atoms with Crippen molar-refractivity contribution in [2.75, 3.05) is 10.6 Å². The summed E-state index contributed by atoms with van der Waals surface area (Å²) < 4.78 is 72.6. The van der Waals surface area contributed by atoms with E-state index in [0.29, 0.717) is 0 Å². The molecule has 0 radical (unpaired) electrons. The lowest BCUT2D eigenvalue weighted by Gasteiger charge is -2.14. The number of anilines is 2. The van der Waals surface area contributed by atoms with Crippen molar-refractivity contribution in [2.24, 2.45) is 0 Å². The summed E-state index contributed by atoms with van der Waals surface area (Å²) in [6.45, 7) is 0. The first kappa shape index (κ1) is 17.1. The second kappa shape index (κ2) is 5.80. The lowest BCUT2D eigenvalue weighted by Crippen LogP contribution is -2.32. The van der Waals surface area contributed by atoms with Crippen molar-refractivity contribution < 1.29 is 35.9 Å². The Labute approximate surface area is 118 Å². The molecule has 11 heteroatoms. The molecular weight excluding hydrogens is 330 g/mol. The van der Waals surface area contributed by atoms with Gasteiger partial charge < -0.3 is 10.6 Å². The molecule has 0 heterocycles. The number of carbonyl (C=O) groups excluding carboxylic acids is 2. The third kappa shape index (κ3) is 4.81. The van der Waals surface area contributed by atoms with Crippen molar-refractivity contribution in [3.05, 3.63) is 23.2 Å². The van der Waals surface area contributed by atoms with Crippen LogP contribution in [0.25, 0.3) is 0 Å². The van der Waals surface area contributed by atoms with E-state index < -0.39 is 35.5 Å². The van der Waals surface area contributed by atoms with Crippen LogP contribution in [-0.2, 0) is 9.59 Å². The van der Waals surface area contributed by atoms with Gasteiger partial charge in [-0.15, -0.1) is 0 Å².